The van der Waals surface area contributed by atoms with E-state index in [0.29, 0.717) is 33.3 Å². The van der Waals surface area contributed by atoms with Gasteiger partial charge in [-0.15, -0.1) is 0 Å². The molecule has 14 nitrogen and oxygen atoms in total. The van der Waals surface area contributed by atoms with Crippen LogP contribution in [0.4, 0.5) is 4.79 Å². The Morgan fingerprint density at radius 3 is 2.16 bits per heavy atom. The van der Waals surface area contributed by atoms with E-state index in [-0.39, 0.29) is 38.1 Å². The van der Waals surface area contributed by atoms with E-state index >= 15 is 0 Å². The lowest BCUT2D eigenvalue weighted by Gasteiger charge is -2.48. The highest BCUT2D eigenvalue weighted by Gasteiger charge is 2.52. The van der Waals surface area contributed by atoms with Gasteiger partial charge in [0.05, 0.1) is 35.5 Å². The Labute approximate surface area is 371 Å². The van der Waals surface area contributed by atoms with Crippen molar-refractivity contribution in [1.82, 2.24) is 10.2 Å². The molecule has 0 aliphatic carbocycles. The molecule has 16 heteroatoms. The van der Waals surface area contributed by atoms with Gasteiger partial charge in [-0.2, -0.15) is 0 Å². The van der Waals surface area contributed by atoms with Crippen molar-refractivity contribution in [3.05, 3.63) is 69.7 Å². The third kappa shape index (κ3) is 12.4. The Bertz CT molecular complexity index is 1780. The fourth-order valence-corrected chi connectivity index (χ4v) is 9.13. The van der Waals surface area contributed by atoms with Gasteiger partial charge in [-0.25, -0.2) is 4.79 Å². The van der Waals surface area contributed by atoms with Crippen LogP contribution in [0.2, 0.25) is 10.0 Å². The van der Waals surface area contributed by atoms with Crippen molar-refractivity contribution >= 4 is 41.0 Å². The molecule has 0 spiro atoms. The maximum Gasteiger partial charge on any atom is 0.407 e. The number of amides is 1. The first-order valence-electron chi connectivity index (χ1n) is 21.1. The standard InChI is InChI=1S/C45H67Cl2N3O11/c1-12-35-45(8,55)39(52)27(4)36(49-57-24-31-18-14-16-20-33(31)47)25(2)22-44(7,56-11)40(61-42-37(51)34(50(9)10)21-26(3)58-42)28(5)38(29(6)41(53)59-35)60-43(54)48-23-30-17-13-15-19-32(30)46/h13-20,25-29,34-35,37-40,42,51-52,55H,12,21-24H2,1-11H3,(H,48,54)/b49-36-/t25-,26-,27+,28+,29-,34+,35-,37-,38+,39-,40-,42+,44-,45-/m1/s1. The number of alkyl carbamates (subject to hydrolysis) is 1. The number of halogens is 2. The van der Waals surface area contributed by atoms with Crippen LogP contribution in [0.25, 0.3) is 0 Å². The number of hydrogen-bond acceptors (Lipinski definition) is 13. The normalized spacial score (nSPS) is 36.2. The first-order valence-corrected chi connectivity index (χ1v) is 21.8. The van der Waals surface area contributed by atoms with Crippen LogP contribution in [-0.4, -0.2) is 119 Å². The number of carbonyl (C=O) groups excluding carboxylic acids is 2. The summed E-state index contributed by atoms with van der Waals surface area (Å²) in [5.41, 5.74) is -1.55. The predicted octanol–water partition coefficient (Wildman–Crippen LogP) is 6.76. The molecule has 4 rings (SSSR count). The van der Waals surface area contributed by atoms with E-state index in [0.717, 1.165) is 0 Å². The van der Waals surface area contributed by atoms with Gasteiger partial charge < -0.3 is 54.1 Å². The number of rotatable bonds is 11. The molecule has 0 saturated carbocycles. The molecule has 2 aromatic rings. The second kappa shape index (κ2) is 22.0. The number of likely N-dealkylation sites (N-methyl/N-ethyl adjacent to an activating group) is 1. The van der Waals surface area contributed by atoms with Crippen LogP contribution in [0.1, 0.15) is 85.8 Å². The smallest absolute Gasteiger partial charge is 0.407 e. The molecular formula is C45H67Cl2N3O11. The molecule has 2 fully saturated rings. The lowest BCUT2D eigenvalue weighted by atomic mass is 9.73. The summed E-state index contributed by atoms with van der Waals surface area (Å²) >= 11 is 12.8. The van der Waals surface area contributed by atoms with Gasteiger partial charge in [0, 0.05) is 53.1 Å². The number of benzene rings is 2. The summed E-state index contributed by atoms with van der Waals surface area (Å²) in [5.74, 6) is -4.15. The molecule has 14 atom stereocenters. The highest BCUT2D eigenvalue weighted by atomic mass is 35.5. The Balaban J connectivity index is 1.86. The fraction of sp³-hybridized carbons (Fsp3) is 0.667. The number of nitrogens with zero attached hydrogens (tertiary/aromatic N) is 2. The van der Waals surface area contributed by atoms with Crippen molar-refractivity contribution in [2.24, 2.45) is 28.8 Å². The highest BCUT2D eigenvalue weighted by molar-refractivity contribution is 6.31. The molecule has 2 aromatic carbocycles. The van der Waals surface area contributed by atoms with Crippen LogP contribution < -0.4 is 5.32 Å². The van der Waals surface area contributed by atoms with Gasteiger partial charge in [-0.3, -0.25) is 4.79 Å². The number of nitrogens with one attached hydrogen (secondary N) is 1. The number of oxime groups is 1. The van der Waals surface area contributed by atoms with E-state index in [4.69, 9.17) is 51.7 Å². The highest BCUT2D eigenvalue weighted by Crippen LogP contribution is 2.40. The van der Waals surface area contributed by atoms with Crippen molar-refractivity contribution in [2.45, 2.75) is 148 Å². The first-order chi connectivity index (χ1) is 28.7. The number of aliphatic hydroxyl groups excluding tert-OH is 2. The molecule has 2 heterocycles. The molecule has 2 aliphatic rings. The van der Waals surface area contributed by atoms with E-state index in [1.165, 1.54) is 14.0 Å². The number of esters is 1. The number of methoxy groups -OCH3 is 1. The number of carbonyl (C=O) groups is 2. The molecule has 2 aliphatic heterocycles. The molecule has 0 radical (unpaired) electrons. The van der Waals surface area contributed by atoms with Crippen LogP contribution in [0.5, 0.6) is 0 Å². The molecule has 61 heavy (non-hydrogen) atoms. The number of ether oxygens (including phenoxy) is 5. The zero-order valence-corrected chi connectivity index (χ0v) is 38.9. The Hall–Kier alpha value is -3.05. The fourth-order valence-electron chi connectivity index (χ4n) is 8.73. The number of hydrogen-bond donors (Lipinski definition) is 4. The van der Waals surface area contributed by atoms with Crippen molar-refractivity contribution in [2.75, 3.05) is 21.2 Å². The maximum absolute atomic E-state index is 14.3. The first kappa shape index (κ1) is 50.6. The van der Waals surface area contributed by atoms with Crippen LogP contribution >= 0.6 is 23.2 Å². The average molecular weight is 897 g/mol. The summed E-state index contributed by atoms with van der Waals surface area (Å²) in [6.45, 7) is 13.9. The Morgan fingerprint density at radius 1 is 0.984 bits per heavy atom. The number of aliphatic hydroxyl groups is 3. The van der Waals surface area contributed by atoms with Crippen molar-refractivity contribution in [3.63, 3.8) is 0 Å². The van der Waals surface area contributed by atoms with Gasteiger partial charge in [0.15, 0.2) is 6.29 Å². The second-order valence-corrected chi connectivity index (χ2v) is 18.2. The summed E-state index contributed by atoms with van der Waals surface area (Å²) in [6, 6.07) is 13.9. The van der Waals surface area contributed by atoms with E-state index in [9.17, 15) is 24.9 Å². The lowest BCUT2D eigenvalue weighted by Crippen LogP contribution is -2.60. The van der Waals surface area contributed by atoms with Crippen molar-refractivity contribution < 1.29 is 53.4 Å². The summed E-state index contributed by atoms with van der Waals surface area (Å²) in [7, 11) is 5.27. The van der Waals surface area contributed by atoms with Gasteiger partial charge in [0.1, 0.15) is 30.5 Å². The molecule has 2 saturated heterocycles. The monoisotopic (exact) mass is 895 g/mol. The SMILES string of the molecule is CC[C@H]1OC(=O)[C@H](C)[C@@H](OC(=O)NCc2ccccc2Cl)[C@H](C)[C@@H](O[C@@H]2O[C@H](C)C[C@H](N(C)C)[C@H]2O)[C@](C)(OC)C[C@@H](C)/C(=N/OCc2ccccc2Cl)[C@H](C)[C@@H](O)[C@]1(C)O. The van der Waals surface area contributed by atoms with E-state index in [1.54, 1.807) is 58.0 Å². The van der Waals surface area contributed by atoms with Crippen LogP contribution in [0.15, 0.2) is 53.7 Å². The maximum atomic E-state index is 14.3. The third-order valence-electron chi connectivity index (χ3n) is 12.5. The Kier molecular flexibility index (Phi) is 18.3. The van der Waals surface area contributed by atoms with Gasteiger partial charge >= 0.3 is 12.1 Å². The van der Waals surface area contributed by atoms with Crippen LogP contribution in [-0.2, 0) is 46.5 Å². The zero-order valence-electron chi connectivity index (χ0n) is 37.3. The topological polar surface area (TPSA) is 178 Å². The molecule has 0 unspecified atom stereocenters. The predicted molar refractivity (Wildman–Crippen MR) is 233 cm³/mol. The van der Waals surface area contributed by atoms with E-state index in [2.05, 4.69) is 10.5 Å². The largest absolute Gasteiger partial charge is 0.459 e. The molecule has 0 bridgehead atoms. The van der Waals surface area contributed by atoms with Gasteiger partial charge in [0.2, 0.25) is 0 Å². The summed E-state index contributed by atoms with van der Waals surface area (Å²) in [4.78, 5) is 35.9. The van der Waals surface area contributed by atoms with Crippen molar-refractivity contribution in [3.8, 4) is 0 Å². The third-order valence-corrected chi connectivity index (χ3v) is 13.2. The summed E-state index contributed by atoms with van der Waals surface area (Å²) in [5, 5.41) is 44.0. The van der Waals surface area contributed by atoms with E-state index < -0.39 is 83.7 Å². The van der Waals surface area contributed by atoms with Gasteiger partial charge in [0.25, 0.3) is 0 Å². The summed E-state index contributed by atoms with van der Waals surface area (Å²) < 4.78 is 31.8. The Morgan fingerprint density at radius 2 is 1.59 bits per heavy atom. The average Bonchev–Trinajstić information content (AvgIpc) is 3.22. The molecule has 4 N–H and O–H groups in total. The lowest BCUT2D eigenvalue weighted by molar-refractivity contribution is -0.301. The minimum absolute atomic E-state index is 0.0200. The minimum Gasteiger partial charge on any atom is -0.459 e. The minimum atomic E-state index is -1.98. The number of cyclic esters (lactones) is 1. The molecule has 342 valence electrons. The van der Waals surface area contributed by atoms with E-state index in [1.807, 2.05) is 58.0 Å². The van der Waals surface area contributed by atoms with Gasteiger partial charge in [-0.05, 0) is 78.7 Å². The van der Waals surface area contributed by atoms with Crippen molar-refractivity contribution in [1.29, 1.82) is 0 Å². The molecule has 1 amide bonds. The zero-order chi connectivity index (χ0) is 45.4. The second-order valence-electron chi connectivity index (χ2n) is 17.4. The molecule has 0 aromatic heterocycles. The molecular weight excluding hydrogens is 829 g/mol. The van der Waals surface area contributed by atoms with Crippen LogP contribution in [0, 0.1) is 23.7 Å². The van der Waals surface area contributed by atoms with Gasteiger partial charge in [-0.1, -0.05) is 92.5 Å². The summed E-state index contributed by atoms with van der Waals surface area (Å²) in [6.07, 6.45) is -7.52. The quantitative estimate of drug-likeness (QED) is 0.138. The van der Waals surface area contributed by atoms with Crippen LogP contribution in [0.3, 0.4) is 0 Å².